The molecule has 0 bridgehead atoms. The van der Waals surface area contributed by atoms with Gasteiger partial charge < -0.3 is 47.3 Å². The predicted molar refractivity (Wildman–Crippen MR) is 297 cm³/mol. The molecule has 1 aliphatic heterocycles. The van der Waals surface area contributed by atoms with Crippen molar-refractivity contribution in [3.63, 3.8) is 0 Å². The average Bonchev–Trinajstić information content (AvgIpc) is 3.86. The Morgan fingerprint density at radius 2 is 1.39 bits per heavy atom. The number of amides is 5. The number of hydrogen-bond acceptors (Lipinski definition) is 14. The molecule has 5 amide bonds. The van der Waals surface area contributed by atoms with Crippen LogP contribution in [0, 0.1) is 23.7 Å². The molecule has 2 aromatic rings. The third-order valence-corrected chi connectivity index (χ3v) is 14.8. The summed E-state index contributed by atoms with van der Waals surface area (Å²) in [6.07, 6.45) is 7.20. The van der Waals surface area contributed by atoms with E-state index in [1.54, 1.807) is 13.1 Å². The van der Waals surface area contributed by atoms with Crippen molar-refractivity contribution in [3.8, 4) is 0 Å². The number of aliphatic hydroxyl groups is 1. The molecular weight excluding hydrogens is 981 g/mol. The van der Waals surface area contributed by atoms with Gasteiger partial charge in [0.1, 0.15) is 5.78 Å². The minimum absolute atomic E-state index is 0.0478. The molecule has 2 unspecified atom stereocenters. The molecule has 6 atom stereocenters. The van der Waals surface area contributed by atoms with Crippen LogP contribution >= 0.6 is 0 Å². The minimum Gasteiger partial charge on any atom is -0.393 e. The zero-order valence-electron chi connectivity index (χ0n) is 46.7. The number of nitrogens with zero attached hydrogens (tertiary/aromatic N) is 3. The van der Waals surface area contributed by atoms with Gasteiger partial charge in [0.05, 0.1) is 42.9 Å². The molecule has 4 rings (SSSR count). The first-order chi connectivity index (χ1) is 36.9. The first-order valence-electron chi connectivity index (χ1n) is 28.0. The van der Waals surface area contributed by atoms with Gasteiger partial charge in [0.2, 0.25) is 29.5 Å². The SMILES string of the molecule is CCN(CCCC[C@H](NC(=O)C(CC(=O)[C@H](C)NC(=O)[C@@H](CC(=O)C1CCCCC1)Cc1ccccc1)Cc1ccccc1)C(=O)CC(C(=O)NCCC(=O)N(CC(N)=O)CC1=CN(CCCNC)NN1)[C@@H](C)O)C(C)C. The van der Waals surface area contributed by atoms with Gasteiger partial charge in [0, 0.05) is 68.8 Å². The highest BCUT2D eigenvalue weighted by atomic mass is 16.3. The van der Waals surface area contributed by atoms with Gasteiger partial charge in [-0.1, -0.05) is 86.8 Å². The number of hydrogen-bond donors (Lipinski definition) is 8. The zero-order chi connectivity index (χ0) is 56.3. The number of nitrogens with two attached hydrogens (primary N) is 1. The van der Waals surface area contributed by atoms with Crippen molar-refractivity contribution in [2.75, 3.05) is 52.9 Å². The van der Waals surface area contributed by atoms with Gasteiger partial charge in [-0.25, -0.2) is 0 Å². The Kier molecular flexibility index (Phi) is 28.0. The fraction of sp³-hybridized carbons (Fsp3) is 0.621. The number of ketones is 3. The van der Waals surface area contributed by atoms with Crippen molar-refractivity contribution in [2.24, 2.45) is 29.4 Å². The molecule has 1 aliphatic carbocycles. The number of carbonyl (C=O) groups is 8. The summed E-state index contributed by atoms with van der Waals surface area (Å²) in [5.41, 5.74) is 13.8. The van der Waals surface area contributed by atoms with Crippen LogP contribution in [0.5, 0.6) is 0 Å². The number of rotatable bonds is 37. The van der Waals surface area contributed by atoms with Gasteiger partial charge in [0.15, 0.2) is 11.6 Å². The third kappa shape index (κ3) is 22.8. The maximum Gasteiger partial charge on any atom is 0.237 e. The van der Waals surface area contributed by atoms with Crippen LogP contribution in [-0.2, 0) is 51.2 Å². The van der Waals surface area contributed by atoms with Crippen LogP contribution in [0.3, 0.4) is 0 Å². The number of carbonyl (C=O) groups excluding carboxylic acids is 8. The van der Waals surface area contributed by atoms with Gasteiger partial charge >= 0.3 is 0 Å². The van der Waals surface area contributed by atoms with E-state index in [-0.39, 0.29) is 63.4 Å². The summed E-state index contributed by atoms with van der Waals surface area (Å²) < 4.78 is 0. The Morgan fingerprint density at radius 1 is 0.766 bits per heavy atom. The maximum absolute atomic E-state index is 14.6. The highest BCUT2D eigenvalue weighted by molar-refractivity contribution is 5.96. The fourth-order valence-corrected chi connectivity index (χ4v) is 10.1. The van der Waals surface area contributed by atoms with Gasteiger partial charge in [0.25, 0.3) is 0 Å². The molecule has 9 N–H and O–H groups in total. The normalized spacial score (nSPS) is 16.1. The first-order valence-corrected chi connectivity index (χ1v) is 28.0. The summed E-state index contributed by atoms with van der Waals surface area (Å²) in [5, 5.41) is 24.4. The van der Waals surface area contributed by atoms with E-state index in [4.69, 9.17) is 5.73 Å². The second-order valence-electron chi connectivity index (χ2n) is 21.3. The molecule has 0 saturated heterocycles. The first kappa shape index (κ1) is 63.5. The molecule has 2 aliphatic rings. The van der Waals surface area contributed by atoms with Crippen molar-refractivity contribution < 1.29 is 43.5 Å². The largest absolute Gasteiger partial charge is 0.393 e. The van der Waals surface area contributed by atoms with Gasteiger partial charge in [-0.3, -0.25) is 43.4 Å². The van der Waals surface area contributed by atoms with Crippen molar-refractivity contribution in [3.05, 3.63) is 83.7 Å². The standard InChI is InChI=1S/C58H90N10O9/c1-7-66(40(2)3)30-18-17-26-50(53(72)36-49(42(5)69)58(77)61-29-27-55(74)67(39-54(59)73)37-48-38-68(65-64-48)31-19-28-60-6)63-57(76)46(32-43-20-11-8-12-21-43)34-51(70)41(4)62-56(75)47(33-44-22-13-9-14-23-44)35-52(71)45-24-15-10-16-25-45/h8-9,11-14,20-23,38,40-42,45-47,49-50,60,64-65,69H,7,10,15-19,24-37,39H2,1-6H3,(H2,59,73)(H,61,77)(H,62,75)(H,63,76)/t41-,42+,46?,47+,49?,50-/m0/s1. The van der Waals surface area contributed by atoms with Crippen LogP contribution in [0.4, 0.5) is 0 Å². The summed E-state index contributed by atoms with van der Waals surface area (Å²) in [5.74, 6) is -6.56. The van der Waals surface area contributed by atoms with E-state index >= 15 is 0 Å². The second kappa shape index (κ2) is 34.0. The van der Waals surface area contributed by atoms with E-state index < -0.39 is 83.5 Å². The number of primary amides is 1. The van der Waals surface area contributed by atoms with Crippen LogP contribution in [0.15, 0.2) is 72.6 Å². The number of unbranched alkanes of at least 4 members (excludes halogenated alkanes) is 1. The summed E-state index contributed by atoms with van der Waals surface area (Å²) in [6.45, 7) is 11.9. The third-order valence-electron chi connectivity index (χ3n) is 14.8. The molecule has 0 aromatic heterocycles. The van der Waals surface area contributed by atoms with E-state index in [0.717, 1.165) is 69.3 Å². The molecule has 1 heterocycles. The lowest BCUT2D eigenvalue weighted by atomic mass is 9.81. The summed E-state index contributed by atoms with van der Waals surface area (Å²) >= 11 is 0. The van der Waals surface area contributed by atoms with Crippen molar-refractivity contribution in [2.45, 2.75) is 155 Å². The Balaban J connectivity index is 1.48. The Morgan fingerprint density at radius 3 is 1.97 bits per heavy atom. The molecule has 77 heavy (non-hydrogen) atoms. The van der Waals surface area contributed by atoms with Crippen LogP contribution in [0.1, 0.15) is 129 Å². The molecule has 19 heteroatoms. The smallest absolute Gasteiger partial charge is 0.237 e. The van der Waals surface area contributed by atoms with E-state index in [0.29, 0.717) is 37.5 Å². The van der Waals surface area contributed by atoms with E-state index in [2.05, 4.69) is 57.9 Å². The lowest BCUT2D eigenvalue weighted by Crippen LogP contribution is -2.48. The van der Waals surface area contributed by atoms with Gasteiger partial charge in [-0.2, -0.15) is 0 Å². The molecule has 2 aromatic carbocycles. The van der Waals surface area contributed by atoms with Crippen molar-refractivity contribution >= 4 is 46.9 Å². The highest BCUT2D eigenvalue weighted by Gasteiger charge is 2.35. The number of benzene rings is 2. The number of hydrazine groups is 2. The molecule has 19 nitrogen and oxygen atoms in total. The average molecular weight is 1070 g/mol. The van der Waals surface area contributed by atoms with E-state index in [1.807, 2.05) is 72.7 Å². The van der Waals surface area contributed by atoms with E-state index in [9.17, 15) is 43.5 Å². The fourth-order valence-electron chi connectivity index (χ4n) is 10.1. The number of Topliss-reactive ketones (excluding diaryl/α,β-unsaturated/α-hetero) is 3. The zero-order valence-corrected chi connectivity index (χ0v) is 46.7. The molecular formula is C58H90N10O9. The summed E-state index contributed by atoms with van der Waals surface area (Å²) in [7, 11) is 1.86. The molecule has 1 fully saturated rings. The number of nitrogens with one attached hydrogen (secondary N) is 6. The van der Waals surface area contributed by atoms with Crippen molar-refractivity contribution in [1.29, 1.82) is 0 Å². The summed E-state index contributed by atoms with van der Waals surface area (Å²) in [6, 6.07) is 16.9. The van der Waals surface area contributed by atoms with Crippen LogP contribution in [0.2, 0.25) is 0 Å². The molecule has 0 radical (unpaired) electrons. The Labute approximate surface area is 457 Å². The van der Waals surface area contributed by atoms with Gasteiger partial charge in [-0.05, 0) is 117 Å². The second-order valence-corrected chi connectivity index (χ2v) is 21.3. The van der Waals surface area contributed by atoms with Crippen molar-refractivity contribution in [1.82, 2.24) is 47.0 Å². The van der Waals surface area contributed by atoms with Crippen LogP contribution < -0.4 is 38.0 Å². The highest BCUT2D eigenvalue weighted by Crippen LogP contribution is 2.28. The quantitative estimate of drug-likeness (QED) is 0.0450. The maximum atomic E-state index is 14.6. The Hall–Kier alpha value is -6.02. The lowest BCUT2D eigenvalue weighted by Gasteiger charge is -2.27. The summed E-state index contributed by atoms with van der Waals surface area (Å²) in [4.78, 5) is 114. The monoisotopic (exact) mass is 1070 g/mol. The number of aliphatic hydroxyl groups excluding tert-OH is 1. The van der Waals surface area contributed by atoms with Crippen LogP contribution in [0.25, 0.3) is 0 Å². The molecule has 426 valence electrons. The topological polar surface area (TPSA) is 265 Å². The van der Waals surface area contributed by atoms with E-state index in [1.165, 1.54) is 11.8 Å². The lowest BCUT2D eigenvalue weighted by molar-refractivity contribution is -0.136. The van der Waals surface area contributed by atoms with Gasteiger partial charge in [-0.15, -0.1) is 5.53 Å². The van der Waals surface area contributed by atoms with Crippen LogP contribution in [-0.4, -0.2) is 144 Å². The Bertz CT molecular complexity index is 2220. The molecule has 1 saturated carbocycles. The minimum atomic E-state index is -1.29. The molecule has 0 spiro atoms. The predicted octanol–water partition coefficient (Wildman–Crippen LogP) is 3.65.